The van der Waals surface area contributed by atoms with Crippen molar-refractivity contribution in [1.82, 2.24) is 0 Å². The number of nitro benzene ring substituents is 1. The molecule has 0 fully saturated rings. The van der Waals surface area contributed by atoms with Crippen molar-refractivity contribution in [3.05, 3.63) is 104 Å². The second-order valence-corrected chi connectivity index (χ2v) is 6.69. The standard InChI is InChI=1S/C21H17ClN2O4/c1-13-11-15(7-10-19(13)24(27)28)21(26)23-18-9-8-16(22)12-17(18)20(25)14-5-3-2-4-6-14/h2-12,20,25H,1H3,(H,23,26)/t20-/m0/s1. The number of carbonyl (C=O) groups excluding carboxylic acids is 1. The fraction of sp³-hybridized carbons (Fsp3) is 0.0952. The lowest BCUT2D eigenvalue weighted by atomic mass is 9.99. The van der Waals surface area contributed by atoms with Crippen LogP contribution in [0, 0.1) is 17.0 Å². The summed E-state index contributed by atoms with van der Waals surface area (Å²) in [6, 6.07) is 18.0. The summed E-state index contributed by atoms with van der Waals surface area (Å²) < 4.78 is 0. The third kappa shape index (κ3) is 4.19. The molecule has 0 bridgehead atoms. The Hall–Kier alpha value is -3.22. The van der Waals surface area contributed by atoms with E-state index in [2.05, 4.69) is 5.32 Å². The third-order valence-corrected chi connectivity index (χ3v) is 4.56. The molecule has 0 unspecified atom stereocenters. The van der Waals surface area contributed by atoms with Gasteiger partial charge < -0.3 is 10.4 Å². The molecule has 7 heteroatoms. The van der Waals surface area contributed by atoms with Crippen LogP contribution in [-0.2, 0) is 0 Å². The molecule has 0 saturated carbocycles. The molecular weight excluding hydrogens is 380 g/mol. The number of rotatable bonds is 5. The molecule has 0 aliphatic heterocycles. The van der Waals surface area contributed by atoms with E-state index in [1.807, 2.05) is 6.07 Å². The quantitative estimate of drug-likeness (QED) is 0.474. The van der Waals surface area contributed by atoms with E-state index >= 15 is 0 Å². The first-order chi connectivity index (χ1) is 13.4. The average Bonchev–Trinajstić information content (AvgIpc) is 2.69. The number of aryl methyl sites for hydroxylation is 1. The maximum absolute atomic E-state index is 12.6. The molecule has 0 radical (unpaired) electrons. The predicted molar refractivity (Wildman–Crippen MR) is 108 cm³/mol. The van der Waals surface area contributed by atoms with E-state index < -0.39 is 16.9 Å². The molecule has 3 aromatic rings. The minimum Gasteiger partial charge on any atom is -0.384 e. The van der Waals surface area contributed by atoms with E-state index in [0.717, 1.165) is 0 Å². The van der Waals surface area contributed by atoms with Crippen LogP contribution in [0.2, 0.25) is 5.02 Å². The van der Waals surface area contributed by atoms with Crippen molar-refractivity contribution in [3.63, 3.8) is 0 Å². The minimum absolute atomic E-state index is 0.0526. The van der Waals surface area contributed by atoms with Gasteiger partial charge in [-0.2, -0.15) is 0 Å². The first kappa shape index (κ1) is 19.5. The molecule has 0 aromatic heterocycles. The molecule has 0 spiro atoms. The van der Waals surface area contributed by atoms with E-state index in [9.17, 15) is 20.0 Å². The number of anilines is 1. The van der Waals surface area contributed by atoms with Gasteiger partial charge in [0.25, 0.3) is 11.6 Å². The third-order valence-electron chi connectivity index (χ3n) is 4.33. The number of nitro groups is 1. The number of halogens is 1. The minimum atomic E-state index is -0.978. The molecule has 0 heterocycles. The molecule has 0 saturated heterocycles. The second-order valence-electron chi connectivity index (χ2n) is 6.26. The fourth-order valence-corrected chi connectivity index (χ4v) is 3.07. The summed E-state index contributed by atoms with van der Waals surface area (Å²) >= 11 is 6.08. The van der Waals surface area contributed by atoms with Crippen molar-refractivity contribution in [1.29, 1.82) is 0 Å². The number of amides is 1. The average molecular weight is 397 g/mol. The number of carbonyl (C=O) groups is 1. The van der Waals surface area contributed by atoms with Crippen molar-refractivity contribution in [2.24, 2.45) is 0 Å². The van der Waals surface area contributed by atoms with Crippen molar-refractivity contribution in [2.45, 2.75) is 13.0 Å². The Morgan fingerprint density at radius 3 is 2.46 bits per heavy atom. The van der Waals surface area contributed by atoms with Gasteiger partial charge in [0, 0.05) is 33.5 Å². The monoisotopic (exact) mass is 396 g/mol. The molecule has 1 atom stereocenters. The van der Waals surface area contributed by atoms with Crippen molar-refractivity contribution >= 4 is 28.9 Å². The summed E-state index contributed by atoms with van der Waals surface area (Å²) in [4.78, 5) is 23.1. The van der Waals surface area contributed by atoms with Crippen LogP contribution in [0.15, 0.2) is 66.7 Å². The number of aliphatic hydroxyl groups is 1. The van der Waals surface area contributed by atoms with Crippen molar-refractivity contribution in [2.75, 3.05) is 5.32 Å². The van der Waals surface area contributed by atoms with Crippen LogP contribution in [0.25, 0.3) is 0 Å². The fourth-order valence-electron chi connectivity index (χ4n) is 2.88. The Kier molecular flexibility index (Phi) is 5.73. The Labute approximate surface area is 166 Å². The summed E-state index contributed by atoms with van der Waals surface area (Å²) in [6.45, 7) is 1.57. The number of aliphatic hydroxyl groups excluding tert-OH is 1. The molecule has 0 aliphatic carbocycles. The zero-order chi connectivity index (χ0) is 20.3. The molecule has 6 nitrogen and oxygen atoms in total. The largest absolute Gasteiger partial charge is 0.384 e. The van der Waals surface area contributed by atoms with Gasteiger partial charge in [-0.1, -0.05) is 41.9 Å². The number of hydrogen-bond donors (Lipinski definition) is 2. The highest BCUT2D eigenvalue weighted by Gasteiger charge is 2.19. The van der Waals surface area contributed by atoms with Gasteiger partial charge in [-0.3, -0.25) is 14.9 Å². The van der Waals surface area contributed by atoms with E-state index in [1.165, 1.54) is 18.2 Å². The molecular formula is C21H17ClN2O4. The molecule has 142 valence electrons. The first-order valence-corrected chi connectivity index (χ1v) is 8.83. The Morgan fingerprint density at radius 1 is 1.11 bits per heavy atom. The van der Waals surface area contributed by atoms with E-state index in [0.29, 0.717) is 27.4 Å². The maximum Gasteiger partial charge on any atom is 0.272 e. The summed E-state index contributed by atoms with van der Waals surface area (Å²) in [5, 5.41) is 24.9. The van der Waals surface area contributed by atoms with Crippen molar-refractivity contribution in [3.8, 4) is 0 Å². The van der Waals surface area contributed by atoms with E-state index in [-0.39, 0.29) is 11.3 Å². The van der Waals surface area contributed by atoms with Crippen LogP contribution in [0.1, 0.15) is 33.2 Å². The normalized spacial score (nSPS) is 11.7. The zero-order valence-electron chi connectivity index (χ0n) is 14.9. The molecule has 28 heavy (non-hydrogen) atoms. The topological polar surface area (TPSA) is 92.5 Å². The summed E-state index contributed by atoms with van der Waals surface area (Å²) in [6.07, 6.45) is -0.978. The number of benzene rings is 3. The van der Waals surface area contributed by atoms with Crippen LogP contribution in [0.4, 0.5) is 11.4 Å². The van der Waals surface area contributed by atoms with Gasteiger partial charge in [-0.05, 0) is 42.8 Å². The number of hydrogen-bond acceptors (Lipinski definition) is 4. The molecule has 1 amide bonds. The van der Waals surface area contributed by atoms with Gasteiger partial charge in [0.1, 0.15) is 6.10 Å². The Bertz CT molecular complexity index is 1040. The van der Waals surface area contributed by atoms with Gasteiger partial charge in [-0.15, -0.1) is 0 Å². The lowest BCUT2D eigenvalue weighted by Crippen LogP contribution is -2.15. The summed E-state index contributed by atoms with van der Waals surface area (Å²) in [7, 11) is 0. The van der Waals surface area contributed by atoms with Crippen LogP contribution >= 0.6 is 11.6 Å². The van der Waals surface area contributed by atoms with Crippen LogP contribution in [0.3, 0.4) is 0 Å². The zero-order valence-corrected chi connectivity index (χ0v) is 15.7. The highest BCUT2D eigenvalue weighted by Crippen LogP contribution is 2.31. The SMILES string of the molecule is Cc1cc(C(=O)Nc2ccc(Cl)cc2[C@@H](O)c2ccccc2)ccc1[N+](=O)[O-]. The van der Waals surface area contributed by atoms with Gasteiger partial charge in [0.15, 0.2) is 0 Å². The summed E-state index contributed by atoms with van der Waals surface area (Å²) in [5.74, 6) is -0.443. The molecule has 2 N–H and O–H groups in total. The second kappa shape index (κ2) is 8.21. The maximum atomic E-state index is 12.6. The highest BCUT2D eigenvalue weighted by atomic mass is 35.5. The first-order valence-electron chi connectivity index (χ1n) is 8.45. The molecule has 3 aromatic carbocycles. The van der Waals surface area contributed by atoms with Crippen LogP contribution in [-0.4, -0.2) is 15.9 Å². The van der Waals surface area contributed by atoms with E-state index in [4.69, 9.17) is 11.6 Å². The molecule has 3 rings (SSSR count). The number of nitrogens with one attached hydrogen (secondary N) is 1. The Morgan fingerprint density at radius 2 is 1.82 bits per heavy atom. The van der Waals surface area contributed by atoms with Gasteiger partial charge in [0.05, 0.1) is 4.92 Å². The van der Waals surface area contributed by atoms with E-state index in [1.54, 1.807) is 49.4 Å². The lowest BCUT2D eigenvalue weighted by molar-refractivity contribution is -0.385. The lowest BCUT2D eigenvalue weighted by Gasteiger charge is -2.17. The van der Waals surface area contributed by atoms with Crippen LogP contribution < -0.4 is 5.32 Å². The highest BCUT2D eigenvalue weighted by molar-refractivity contribution is 6.30. The van der Waals surface area contributed by atoms with Gasteiger partial charge in [-0.25, -0.2) is 0 Å². The Balaban J connectivity index is 1.91. The van der Waals surface area contributed by atoms with Gasteiger partial charge >= 0.3 is 0 Å². The summed E-state index contributed by atoms with van der Waals surface area (Å²) in [5.41, 5.74) is 2.12. The smallest absolute Gasteiger partial charge is 0.272 e. The van der Waals surface area contributed by atoms with Crippen molar-refractivity contribution < 1.29 is 14.8 Å². The predicted octanol–water partition coefficient (Wildman–Crippen LogP) is 4.89. The van der Waals surface area contributed by atoms with Crippen LogP contribution in [0.5, 0.6) is 0 Å². The molecule has 0 aliphatic rings. The number of nitrogens with zero attached hydrogens (tertiary/aromatic N) is 1. The van der Waals surface area contributed by atoms with Gasteiger partial charge in [0.2, 0.25) is 0 Å².